The maximum absolute atomic E-state index is 4.71. The van der Waals surface area contributed by atoms with E-state index >= 15 is 0 Å². The molecule has 3 unspecified atom stereocenters. The molecule has 3 rings (SSSR count). The van der Waals surface area contributed by atoms with Gasteiger partial charge in [-0.3, -0.25) is 4.98 Å². The number of hydrogen-bond acceptors (Lipinski definition) is 2. The van der Waals surface area contributed by atoms with Crippen molar-refractivity contribution in [2.75, 3.05) is 4.90 Å². The second-order valence-electron chi connectivity index (χ2n) is 7.39. The monoisotopic (exact) mass is 258 g/mol. The Labute approximate surface area is 117 Å². The van der Waals surface area contributed by atoms with E-state index < -0.39 is 0 Å². The Morgan fingerprint density at radius 3 is 2.42 bits per heavy atom. The van der Waals surface area contributed by atoms with Crippen LogP contribution in [0.5, 0.6) is 0 Å². The molecule has 1 aliphatic carbocycles. The molecule has 104 valence electrons. The minimum Gasteiger partial charge on any atom is -0.361 e. The Balaban J connectivity index is 2.13. The molecule has 19 heavy (non-hydrogen) atoms. The van der Waals surface area contributed by atoms with Gasteiger partial charge in [-0.1, -0.05) is 6.92 Å². The number of aryl methyl sites for hydroxylation is 3. The topological polar surface area (TPSA) is 16.1 Å². The average Bonchev–Trinajstić information content (AvgIpc) is 2.68. The van der Waals surface area contributed by atoms with Crippen LogP contribution < -0.4 is 4.90 Å². The van der Waals surface area contributed by atoms with Crippen molar-refractivity contribution in [2.45, 2.75) is 72.4 Å². The summed E-state index contributed by atoms with van der Waals surface area (Å²) < 4.78 is 0. The van der Waals surface area contributed by atoms with Crippen LogP contribution in [-0.4, -0.2) is 16.6 Å². The van der Waals surface area contributed by atoms with Gasteiger partial charge in [-0.25, -0.2) is 0 Å². The number of piperidine rings is 1. The van der Waals surface area contributed by atoms with Crippen LogP contribution >= 0.6 is 0 Å². The lowest BCUT2D eigenvalue weighted by Crippen LogP contribution is -2.49. The SMILES string of the molecule is Cc1cc(C)c(N2C(C)C3(C)CCC2(C)C3)c(C)n1. The lowest BCUT2D eigenvalue weighted by molar-refractivity contribution is 0.290. The van der Waals surface area contributed by atoms with Gasteiger partial charge in [0.2, 0.25) is 0 Å². The van der Waals surface area contributed by atoms with Crippen LogP contribution in [0.2, 0.25) is 0 Å². The summed E-state index contributed by atoms with van der Waals surface area (Å²) in [7, 11) is 0. The van der Waals surface area contributed by atoms with Gasteiger partial charge in [0.1, 0.15) is 0 Å². The van der Waals surface area contributed by atoms with Gasteiger partial charge in [0, 0.05) is 17.3 Å². The summed E-state index contributed by atoms with van der Waals surface area (Å²) in [6.07, 6.45) is 4.02. The Hall–Kier alpha value is -1.05. The zero-order valence-electron chi connectivity index (χ0n) is 13.2. The molecule has 2 aliphatic rings. The van der Waals surface area contributed by atoms with Gasteiger partial charge in [-0.05, 0) is 70.9 Å². The number of pyridine rings is 1. The maximum atomic E-state index is 4.71. The van der Waals surface area contributed by atoms with E-state index in [2.05, 4.69) is 52.5 Å². The lowest BCUT2D eigenvalue weighted by atomic mass is 9.82. The number of rotatable bonds is 1. The predicted molar refractivity (Wildman–Crippen MR) is 80.8 cm³/mol. The van der Waals surface area contributed by atoms with Crippen molar-refractivity contribution in [2.24, 2.45) is 5.41 Å². The summed E-state index contributed by atoms with van der Waals surface area (Å²) in [5.74, 6) is 0. The standard InChI is InChI=1S/C17H26N2/c1-11-9-12(2)18-13(3)15(11)19-14(4)16(5)7-8-17(19,6)10-16/h9,14H,7-8,10H2,1-6H3. The van der Waals surface area contributed by atoms with E-state index in [1.165, 1.54) is 36.2 Å². The van der Waals surface area contributed by atoms with Crippen LogP contribution in [0.25, 0.3) is 0 Å². The molecule has 2 fully saturated rings. The summed E-state index contributed by atoms with van der Waals surface area (Å²) in [6, 6.07) is 2.85. The minimum absolute atomic E-state index is 0.334. The van der Waals surface area contributed by atoms with E-state index in [9.17, 15) is 0 Å². The third-order valence-electron chi connectivity index (χ3n) is 5.72. The molecular weight excluding hydrogens is 232 g/mol. The highest BCUT2D eigenvalue weighted by Gasteiger charge is 2.58. The third-order valence-corrected chi connectivity index (χ3v) is 5.72. The van der Waals surface area contributed by atoms with Crippen LogP contribution in [-0.2, 0) is 0 Å². The molecule has 1 saturated heterocycles. The molecule has 0 N–H and O–H groups in total. The average molecular weight is 258 g/mol. The largest absolute Gasteiger partial charge is 0.361 e. The maximum Gasteiger partial charge on any atom is 0.0619 e. The van der Waals surface area contributed by atoms with Crippen molar-refractivity contribution in [1.82, 2.24) is 4.98 Å². The Morgan fingerprint density at radius 1 is 1.21 bits per heavy atom. The predicted octanol–water partition coefficient (Wildman–Crippen LogP) is 4.16. The number of hydrogen-bond donors (Lipinski definition) is 0. The first-order valence-electron chi connectivity index (χ1n) is 7.51. The van der Waals surface area contributed by atoms with E-state index in [0.717, 1.165) is 5.69 Å². The number of fused-ring (bicyclic) bond motifs is 2. The molecule has 0 spiro atoms. The molecule has 0 amide bonds. The van der Waals surface area contributed by atoms with Crippen LogP contribution in [0, 0.1) is 26.2 Å². The Kier molecular flexibility index (Phi) is 2.55. The van der Waals surface area contributed by atoms with Gasteiger partial charge in [0.25, 0.3) is 0 Å². The van der Waals surface area contributed by atoms with Crippen LogP contribution in [0.15, 0.2) is 6.07 Å². The van der Waals surface area contributed by atoms with Crippen molar-refractivity contribution in [3.63, 3.8) is 0 Å². The summed E-state index contributed by atoms with van der Waals surface area (Å²) in [5.41, 5.74) is 5.92. The fraction of sp³-hybridized carbons (Fsp3) is 0.706. The quantitative estimate of drug-likeness (QED) is 0.751. The summed E-state index contributed by atoms with van der Waals surface area (Å²) in [4.78, 5) is 7.40. The molecule has 2 bridgehead atoms. The molecule has 2 heteroatoms. The van der Waals surface area contributed by atoms with Crippen LogP contribution in [0.1, 0.15) is 57.0 Å². The van der Waals surface area contributed by atoms with E-state index in [0.29, 0.717) is 17.0 Å². The highest BCUT2D eigenvalue weighted by atomic mass is 15.3. The number of aromatic nitrogens is 1. The van der Waals surface area contributed by atoms with Crippen LogP contribution in [0.4, 0.5) is 5.69 Å². The molecule has 1 saturated carbocycles. The first kappa shape index (κ1) is 13.0. The molecule has 0 aromatic carbocycles. The summed E-state index contributed by atoms with van der Waals surface area (Å²) in [6.45, 7) is 13.8. The molecule has 1 aliphatic heterocycles. The zero-order chi connectivity index (χ0) is 14.0. The summed E-state index contributed by atoms with van der Waals surface area (Å²) >= 11 is 0. The van der Waals surface area contributed by atoms with Crippen molar-refractivity contribution < 1.29 is 0 Å². The highest BCUT2D eigenvalue weighted by Crippen LogP contribution is 2.59. The molecule has 2 nitrogen and oxygen atoms in total. The lowest BCUT2D eigenvalue weighted by Gasteiger charge is -2.45. The third kappa shape index (κ3) is 1.65. The molecule has 2 heterocycles. The second kappa shape index (κ2) is 3.74. The number of anilines is 1. The molecule has 0 radical (unpaired) electrons. The van der Waals surface area contributed by atoms with E-state index in [1.54, 1.807) is 0 Å². The molecule has 1 aromatic heterocycles. The van der Waals surface area contributed by atoms with Gasteiger partial charge in [0.05, 0.1) is 11.4 Å². The molecular formula is C17H26N2. The first-order chi connectivity index (χ1) is 8.77. The van der Waals surface area contributed by atoms with Gasteiger partial charge in [0.15, 0.2) is 0 Å². The van der Waals surface area contributed by atoms with Gasteiger partial charge >= 0.3 is 0 Å². The Bertz CT molecular complexity index is 513. The Morgan fingerprint density at radius 2 is 1.89 bits per heavy atom. The first-order valence-corrected chi connectivity index (χ1v) is 7.51. The zero-order valence-corrected chi connectivity index (χ0v) is 13.2. The fourth-order valence-electron chi connectivity index (χ4n) is 4.79. The van der Waals surface area contributed by atoms with E-state index in [-0.39, 0.29) is 0 Å². The molecule has 3 atom stereocenters. The normalized spacial score (nSPS) is 37.2. The van der Waals surface area contributed by atoms with Crippen molar-refractivity contribution in [1.29, 1.82) is 0 Å². The second-order valence-corrected chi connectivity index (χ2v) is 7.39. The van der Waals surface area contributed by atoms with Crippen molar-refractivity contribution in [3.8, 4) is 0 Å². The summed E-state index contributed by atoms with van der Waals surface area (Å²) in [5, 5.41) is 0. The van der Waals surface area contributed by atoms with Gasteiger partial charge < -0.3 is 4.90 Å². The van der Waals surface area contributed by atoms with Crippen molar-refractivity contribution in [3.05, 3.63) is 23.0 Å². The van der Waals surface area contributed by atoms with Gasteiger partial charge in [-0.2, -0.15) is 0 Å². The van der Waals surface area contributed by atoms with Gasteiger partial charge in [-0.15, -0.1) is 0 Å². The van der Waals surface area contributed by atoms with Crippen molar-refractivity contribution >= 4 is 5.69 Å². The van der Waals surface area contributed by atoms with E-state index in [4.69, 9.17) is 4.98 Å². The van der Waals surface area contributed by atoms with E-state index in [1.807, 2.05) is 0 Å². The fourth-order valence-corrected chi connectivity index (χ4v) is 4.79. The minimum atomic E-state index is 0.334. The van der Waals surface area contributed by atoms with Crippen LogP contribution in [0.3, 0.4) is 0 Å². The smallest absolute Gasteiger partial charge is 0.0619 e. The molecule has 1 aromatic rings. The highest BCUT2D eigenvalue weighted by molar-refractivity contribution is 5.62. The number of nitrogens with zero attached hydrogens (tertiary/aromatic N) is 2.